The monoisotopic (exact) mass is 292 g/mol. The van der Waals surface area contributed by atoms with Crippen molar-refractivity contribution in [2.24, 2.45) is 0 Å². The number of benzene rings is 1. The minimum atomic E-state index is -1.04. The molecule has 6 nitrogen and oxygen atoms in total. The van der Waals surface area contributed by atoms with E-state index >= 15 is 0 Å². The van der Waals surface area contributed by atoms with E-state index in [0.29, 0.717) is 32.7 Å². The maximum absolute atomic E-state index is 12.3. The highest BCUT2D eigenvalue weighted by atomic mass is 16.5. The van der Waals surface area contributed by atoms with E-state index in [0.717, 1.165) is 5.56 Å². The normalized spacial score (nSPS) is 17.1. The smallest absolute Gasteiger partial charge is 0.322 e. The summed E-state index contributed by atoms with van der Waals surface area (Å²) in [4.78, 5) is 25.0. The van der Waals surface area contributed by atoms with Gasteiger partial charge in [-0.15, -0.1) is 0 Å². The molecular weight excluding hydrogens is 272 g/mol. The van der Waals surface area contributed by atoms with Crippen LogP contribution in [0.25, 0.3) is 0 Å². The van der Waals surface area contributed by atoms with Gasteiger partial charge < -0.3 is 15.2 Å². The molecule has 1 amide bonds. The van der Waals surface area contributed by atoms with E-state index in [2.05, 4.69) is 5.32 Å². The van der Waals surface area contributed by atoms with Gasteiger partial charge in [0.2, 0.25) is 5.91 Å². The fraction of sp³-hybridized carbons (Fsp3) is 0.467. The molecule has 0 aromatic heterocycles. The first kappa shape index (κ1) is 15.5. The van der Waals surface area contributed by atoms with Crippen molar-refractivity contribution in [2.75, 3.05) is 32.8 Å². The third kappa shape index (κ3) is 4.84. The number of nitrogens with zero attached hydrogens (tertiary/aromatic N) is 1. The minimum absolute atomic E-state index is 0.247. The van der Waals surface area contributed by atoms with Crippen LogP contribution in [-0.2, 0) is 20.7 Å². The first-order valence-electron chi connectivity index (χ1n) is 7.02. The second-order valence-electron chi connectivity index (χ2n) is 4.97. The van der Waals surface area contributed by atoms with Crippen molar-refractivity contribution in [3.05, 3.63) is 35.9 Å². The molecule has 1 unspecified atom stereocenters. The number of ether oxygens (including phenoxy) is 1. The number of carboxylic acid groups (broad SMARTS) is 1. The Morgan fingerprint density at radius 1 is 1.24 bits per heavy atom. The fourth-order valence-corrected chi connectivity index (χ4v) is 2.39. The molecule has 6 heteroatoms. The number of amides is 1. The molecule has 0 spiro atoms. The molecular formula is C15H20N2O4. The molecule has 1 atom stereocenters. The molecule has 114 valence electrons. The van der Waals surface area contributed by atoms with Crippen LogP contribution in [0.5, 0.6) is 0 Å². The summed E-state index contributed by atoms with van der Waals surface area (Å²) in [5.74, 6) is -1.29. The summed E-state index contributed by atoms with van der Waals surface area (Å²) in [5.41, 5.74) is 1.06. The van der Waals surface area contributed by atoms with Crippen molar-refractivity contribution in [1.82, 2.24) is 10.2 Å². The van der Waals surface area contributed by atoms with Crippen LogP contribution in [0.4, 0.5) is 0 Å². The molecule has 0 saturated carbocycles. The third-order valence-corrected chi connectivity index (χ3v) is 3.47. The summed E-state index contributed by atoms with van der Waals surface area (Å²) in [6.07, 6.45) is 0.562. The second kappa shape index (κ2) is 7.75. The van der Waals surface area contributed by atoms with Crippen LogP contribution in [0.3, 0.4) is 0 Å². The van der Waals surface area contributed by atoms with Crippen LogP contribution in [0.2, 0.25) is 0 Å². The molecule has 2 N–H and O–H groups in total. The molecule has 1 aliphatic heterocycles. The number of carbonyl (C=O) groups is 2. The quantitative estimate of drug-likeness (QED) is 0.779. The first-order chi connectivity index (χ1) is 10.2. The number of carbonyl (C=O) groups excluding carboxylic acids is 1. The van der Waals surface area contributed by atoms with Gasteiger partial charge in [0.1, 0.15) is 6.54 Å². The average molecular weight is 292 g/mol. The Morgan fingerprint density at radius 3 is 2.52 bits per heavy atom. The van der Waals surface area contributed by atoms with E-state index in [-0.39, 0.29) is 18.5 Å². The van der Waals surface area contributed by atoms with Crippen LogP contribution in [0.1, 0.15) is 5.56 Å². The van der Waals surface area contributed by atoms with Crippen molar-refractivity contribution in [1.29, 1.82) is 0 Å². The van der Waals surface area contributed by atoms with Gasteiger partial charge in [-0.05, 0) is 12.0 Å². The highest BCUT2D eigenvalue weighted by molar-refractivity contribution is 5.85. The van der Waals surface area contributed by atoms with Crippen LogP contribution in [-0.4, -0.2) is 60.8 Å². The third-order valence-electron chi connectivity index (χ3n) is 3.47. The molecule has 0 bridgehead atoms. The molecule has 1 aromatic carbocycles. The lowest BCUT2D eigenvalue weighted by atomic mass is 10.0. The Balaban J connectivity index is 2.05. The van der Waals surface area contributed by atoms with Gasteiger partial charge >= 0.3 is 5.97 Å². The van der Waals surface area contributed by atoms with Gasteiger partial charge in [0.15, 0.2) is 0 Å². The average Bonchev–Trinajstić information content (AvgIpc) is 2.52. The summed E-state index contributed by atoms with van der Waals surface area (Å²) in [5, 5.41) is 11.2. The van der Waals surface area contributed by atoms with Crippen molar-refractivity contribution in [3.63, 3.8) is 0 Å². The van der Waals surface area contributed by atoms with Gasteiger partial charge in [-0.3, -0.25) is 14.5 Å². The predicted molar refractivity (Wildman–Crippen MR) is 77.0 cm³/mol. The number of carboxylic acids is 1. The number of aliphatic carboxylic acids is 1. The lowest BCUT2D eigenvalue weighted by molar-refractivity contribution is -0.139. The van der Waals surface area contributed by atoms with E-state index in [9.17, 15) is 9.59 Å². The topological polar surface area (TPSA) is 78.9 Å². The van der Waals surface area contributed by atoms with Gasteiger partial charge in [-0.1, -0.05) is 30.3 Å². The molecule has 21 heavy (non-hydrogen) atoms. The summed E-state index contributed by atoms with van der Waals surface area (Å²) in [6, 6.07) is 9.37. The standard InChI is InChI=1S/C15H20N2O4/c18-14(19)11-16-15(20)13(17-6-8-21-9-7-17)10-12-4-2-1-3-5-12/h1-5,13H,6-11H2,(H,16,20)(H,18,19). The van der Waals surface area contributed by atoms with E-state index < -0.39 is 5.97 Å². The summed E-state index contributed by atoms with van der Waals surface area (Å²) < 4.78 is 5.31. The Bertz CT molecular complexity index is 472. The molecule has 0 radical (unpaired) electrons. The molecule has 1 aliphatic rings. The molecule has 1 heterocycles. The molecule has 1 aromatic rings. The van der Waals surface area contributed by atoms with Gasteiger partial charge in [-0.2, -0.15) is 0 Å². The Morgan fingerprint density at radius 2 is 1.90 bits per heavy atom. The van der Waals surface area contributed by atoms with Crippen molar-refractivity contribution < 1.29 is 19.4 Å². The molecule has 2 rings (SSSR count). The summed E-state index contributed by atoms with van der Waals surface area (Å²) in [7, 11) is 0. The Kier molecular flexibility index (Phi) is 5.71. The number of nitrogens with one attached hydrogen (secondary N) is 1. The zero-order valence-electron chi connectivity index (χ0n) is 11.8. The molecule has 1 saturated heterocycles. The lowest BCUT2D eigenvalue weighted by Gasteiger charge is -2.33. The molecule has 0 aliphatic carbocycles. The lowest BCUT2D eigenvalue weighted by Crippen LogP contribution is -2.52. The second-order valence-corrected chi connectivity index (χ2v) is 4.97. The summed E-state index contributed by atoms with van der Waals surface area (Å²) in [6.45, 7) is 2.19. The van der Waals surface area contributed by atoms with Crippen LogP contribution in [0, 0.1) is 0 Å². The highest BCUT2D eigenvalue weighted by Crippen LogP contribution is 2.11. The summed E-state index contributed by atoms with van der Waals surface area (Å²) >= 11 is 0. The van der Waals surface area contributed by atoms with E-state index in [1.165, 1.54) is 0 Å². The van der Waals surface area contributed by atoms with Crippen LogP contribution in [0.15, 0.2) is 30.3 Å². The highest BCUT2D eigenvalue weighted by Gasteiger charge is 2.27. The number of hydrogen-bond donors (Lipinski definition) is 2. The first-order valence-corrected chi connectivity index (χ1v) is 7.02. The molecule has 1 fully saturated rings. The zero-order chi connectivity index (χ0) is 15.1. The van der Waals surface area contributed by atoms with Crippen molar-refractivity contribution in [2.45, 2.75) is 12.5 Å². The van der Waals surface area contributed by atoms with E-state index in [1.807, 2.05) is 35.2 Å². The zero-order valence-corrected chi connectivity index (χ0v) is 11.8. The van der Waals surface area contributed by atoms with Crippen molar-refractivity contribution >= 4 is 11.9 Å². The Labute approximate surface area is 123 Å². The van der Waals surface area contributed by atoms with Gasteiger partial charge in [-0.25, -0.2) is 0 Å². The maximum Gasteiger partial charge on any atom is 0.322 e. The Hall–Kier alpha value is -1.92. The predicted octanol–water partition coefficient (Wildman–Crippen LogP) is 0.131. The largest absolute Gasteiger partial charge is 0.480 e. The number of morpholine rings is 1. The van der Waals surface area contributed by atoms with E-state index in [4.69, 9.17) is 9.84 Å². The van der Waals surface area contributed by atoms with Crippen molar-refractivity contribution in [3.8, 4) is 0 Å². The van der Waals surface area contributed by atoms with Gasteiger partial charge in [0.25, 0.3) is 0 Å². The van der Waals surface area contributed by atoms with Gasteiger partial charge in [0, 0.05) is 13.1 Å². The SMILES string of the molecule is O=C(O)CNC(=O)C(Cc1ccccc1)N1CCOCC1. The van der Waals surface area contributed by atoms with Crippen LogP contribution < -0.4 is 5.32 Å². The number of rotatable bonds is 6. The fourth-order valence-electron chi connectivity index (χ4n) is 2.39. The van der Waals surface area contributed by atoms with Gasteiger partial charge in [0.05, 0.1) is 19.3 Å². The number of hydrogen-bond acceptors (Lipinski definition) is 4. The van der Waals surface area contributed by atoms with E-state index in [1.54, 1.807) is 0 Å². The minimum Gasteiger partial charge on any atom is -0.480 e. The van der Waals surface area contributed by atoms with Crippen LogP contribution >= 0.6 is 0 Å². The maximum atomic E-state index is 12.3.